The number of quaternary nitrogens is 2. The monoisotopic (exact) mass is 426 g/mol. The Bertz CT molecular complexity index is 735. The normalized spacial score (nSPS) is 18.5. The molecule has 0 radical (unpaired) electrons. The maximum Gasteiger partial charge on any atom is 0.169 e. The summed E-state index contributed by atoms with van der Waals surface area (Å²) in [6.45, 7) is 10.2. The Balaban J connectivity index is 1.31. The van der Waals surface area contributed by atoms with E-state index in [-0.39, 0.29) is 0 Å². The molecule has 3 N–H and O–H groups in total. The number of nitrogens with zero attached hydrogens (tertiary/aromatic N) is 1. The number of hydrogen-bond donors (Lipinski definition) is 3. The molecule has 0 atom stereocenters. The van der Waals surface area contributed by atoms with Crippen molar-refractivity contribution in [3.8, 4) is 0 Å². The topological polar surface area (TPSA) is 33.4 Å². The Labute approximate surface area is 185 Å². The maximum absolute atomic E-state index is 5.70. The summed E-state index contributed by atoms with van der Waals surface area (Å²) in [6.07, 6.45) is 0. The Morgan fingerprint density at radius 2 is 1.47 bits per heavy atom. The highest BCUT2D eigenvalue weighted by molar-refractivity contribution is 7.80. The van der Waals surface area contributed by atoms with Crippen LogP contribution in [0, 0.1) is 0 Å². The molecule has 0 amide bonds. The van der Waals surface area contributed by atoms with Crippen LogP contribution in [0.1, 0.15) is 17.2 Å². The number of benzene rings is 2. The highest BCUT2D eigenvalue weighted by Gasteiger charge is 2.30. The smallest absolute Gasteiger partial charge is 0.169 e. The highest BCUT2D eigenvalue weighted by atomic mass is 32.1. The lowest BCUT2D eigenvalue weighted by molar-refractivity contribution is -0.929. The van der Waals surface area contributed by atoms with Gasteiger partial charge in [0.25, 0.3) is 0 Å². The summed E-state index contributed by atoms with van der Waals surface area (Å²) in [5.74, 6) is 0. The Morgan fingerprint density at radius 3 is 2.03 bits per heavy atom. The van der Waals surface area contributed by atoms with Gasteiger partial charge in [0.05, 0.1) is 52.5 Å². The Hall–Kier alpha value is -1.99. The van der Waals surface area contributed by atoms with Crippen molar-refractivity contribution in [3.05, 3.63) is 71.8 Å². The lowest BCUT2D eigenvalue weighted by Gasteiger charge is -2.38. The molecule has 2 aliphatic heterocycles. The maximum atomic E-state index is 5.70. The van der Waals surface area contributed by atoms with E-state index in [0.29, 0.717) is 6.04 Å². The van der Waals surface area contributed by atoms with Gasteiger partial charge in [0.15, 0.2) is 5.11 Å². The second kappa shape index (κ2) is 10.9. The predicted molar refractivity (Wildman–Crippen MR) is 124 cm³/mol. The molecule has 2 heterocycles. The molecule has 0 saturated carbocycles. The number of ether oxygens (including phenoxy) is 1. The first kappa shape index (κ1) is 21.2. The molecule has 6 heteroatoms. The molecule has 2 aromatic rings. The predicted octanol–water partition coefficient (Wildman–Crippen LogP) is -0.234. The molecule has 2 saturated heterocycles. The van der Waals surface area contributed by atoms with Gasteiger partial charge in [-0.25, -0.2) is 0 Å². The van der Waals surface area contributed by atoms with E-state index in [1.807, 2.05) is 0 Å². The van der Waals surface area contributed by atoms with Crippen LogP contribution in [0.3, 0.4) is 0 Å². The second-order valence-electron chi connectivity index (χ2n) is 8.24. The van der Waals surface area contributed by atoms with E-state index in [4.69, 9.17) is 17.0 Å². The SMILES string of the molecule is S=C(NCC[NH+]1CCOCC1)N1CC[NH+](C(c2ccccc2)c2ccccc2)CC1. The summed E-state index contributed by atoms with van der Waals surface area (Å²) in [4.78, 5) is 5.57. The van der Waals surface area contributed by atoms with Gasteiger partial charge >= 0.3 is 0 Å². The first-order chi connectivity index (χ1) is 14.8. The van der Waals surface area contributed by atoms with Crippen LogP contribution in [-0.4, -0.2) is 75.6 Å². The number of piperazine rings is 1. The molecule has 160 valence electrons. The summed E-state index contributed by atoms with van der Waals surface area (Å²) in [5, 5.41) is 4.41. The molecule has 2 aliphatic rings. The van der Waals surface area contributed by atoms with Gasteiger partial charge in [-0.1, -0.05) is 60.7 Å². The van der Waals surface area contributed by atoms with Gasteiger partial charge in [0.2, 0.25) is 0 Å². The first-order valence-corrected chi connectivity index (χ1v) is 11.6. The average molecular weight is 427 g/mol. The van der Waals surface area contributed by atoms with Gasteiger partial charge in [-0.15, -0.1) is 0 Å². The van der Waals surface area contributed by atoms with E-state index in [1.165, 1.54) is 11.1 Å². The van der Waals surface area contributed by atoms with Crippen LogP contribution < -0.4 is 15.1 Å². The van der Waals surface area contributed by atoms with E-state index in [9.17, 15) is 0 Å². The lowest BCUT2D eigenvalue weighted by atomic mass is 9.96. The highest BCUT2D eigenvalue weighted by Crippen LogP contribution is 2.19. The summed E-state index contributed by atoms with van der Waals surface area (Å²) in [5.41, 5.74) is 2.78. The molecule has 2 fully saturated rings. The quantitative estimate of drug-likeness (QED) is 0.558. The van der Waals surface area contributed by atoms with Gasteiger partial charge in [0.1, 0.15) is 19.1 Å². The van der Waals surface area contributed by atoms with Crippen LogP contribution in [0.4, 0.5) is 0 Å². The minimum absolute atomic E-state index is 0.376. The number of rotatable bonds is 6. The zero-order chi connectivity index (χ0) is 20.6. The van der Waals surface area contributed by atoms with Crippen LogP contribution in [0.5, 0.6) is 0 Å². The number of morpholine rings is 1. The summed E-state index contributed by atoms with van der Waals surface area (Å²) in [6, 6.07) is 22.2. The van der Waals surface area contributed by atoms with Crippen molar-refractivity contribution < 1.29 is 14.5 Å². The standard InChI is InChI=1S/C24H32N4OS/c30-24(25-11-12-26-17-19-29-20-18-26)28-15-13-27(14-16-28)23(21-7-3-1-4-8-21)22-9-5-2-6-10-22/h1-10,23H,11-20H2,(H,25,30)/p+2. The van der Waals surface area contributed by atoms with Crippen LogP contribution in [0.25, 0.3) is 0 Å². The van der Waals surface area contributed by atoms with E-state index < -0.39 is 0 Å². The van der Waals surface area contributed by atoms with E-state index in [2.05, 4.69) is 70.9 Å². The molecule has 2 aromatic carbocycles. The molecule has 5 nitrogen and oxygen atoms in total. The van der Waals surface area contributed by atoms with Gasteiger partial charge in [-0.2, -0.15) is 0 Å². The zero-order valence-electron chi connectivity index (χ0n) is 17.7. The largest absolute Gasteiger partial charge is 0.370 e. The number of hydrogen-bond acceptors (Lipinski definition) is 2. The number of nitrogens with one attached hydrogen (secondary N) is 3. The van der Waals surface area contributed by atoms with E-state index in [1.54, 1.807) is 9.80 Å². The third-order valence-electron chi connectivity index (χ3n) is 6.32. The van der Waals surface area contributed by atoms with Crippen molar-refractivity contribution in [2.45, 2.75) is 6.04 Å². The Kier molecular flexibility index (Phi) is 7.70. The van der Waals surface area contributed by atoms with E-state index in [0.717, 1.165) is 70.7 Å². The fourth-order valence-electron chi connectivity index (χ4n) is 4.61. The van der Waals surface area contributed by atoms with Crippen molar-refractivity contribution >= 4 is 17.3 Å². The van der Waals surface area contributed by atoms with Crippen LogP contribution in [0.2, 0.25) is 0 Å². The minimum atomic E-state index is 0.376. The van der Waals surface area contributed by atoms with Crippen molar-refractivity contribution in [1.82, 2.24) is 10.2 Å². The Morgan fingerprint density at radius 1 is 0.900 bits per heavy atom. The fourth-order valence-corrected chi connectivity index (χ4v) is 4.89. The van der Waals surface area contributed by atoms with E-state index >= 15 is 0 Å². The molecule has 0 spiro atoms. The molecule has 4 rings (SSSR count). The molecular formula is C24H34N4OS+2. The van der Waals surface area contributed by atoms with Crippen molar-refractivity contribution in [1.29, 1.82) is 0 Å². The van der Waals surface area contributed by atoms with Crippen molar-refractivity contribution in [2.75, 3.05) is 65.6 Å². The lowest BCUT2D eigenvalue weighted by Crippen LogP contribution is -3.15. The van der Waals surface area contributed by atoms with Gasteiger partial charge in [-0.05, 0) is 12.2 Å². The molecule has 0 aromatic heterocycles. The zero-order valence-corrected chi connectivity index (χ0v) is 18.5. The molecule has 0 bridgehead atoms. The van der Waals surface area contributed by atoms with Crippen molar-refractivity contribution in [2.24, 2.45) is 0 Å². The fraction of sp³-hybridized carbons (Fsp3) is 0.458. The summed E-state index contributed by atoms with van der Waals surface area (Å²) >= 11 is 5.70. The molecule has 0 aliphatic carbocycles. The average Bonchev–Trinajstić information content (AvgIpc) is 2.82. The van der Waals surface area contributed by atoms with Gasteiger partial charge in [0, 0.05) is 11.1 Å². The number of thiocarbonyl (C=S) groups is 1. The second-order valence-corrected chi connectivity index (χ2v) is 8.63. The third-order valence-corrected chi connectivity index (χ3v) is 6.72. The van der Waals surface area contributed by atoms with Crippen molar-refractivity contribution in [3.63, 3.8) is 0 Å². The summed E-state index contributed by atoms with van der Waals surface area (Å²) < 4.78 is 5.44. The van der Waals surface area contributed by atoms with Gasteiger partial charge in [-0.3, -0.25) is 0 Å². The molecule has 30 heavy (non-hydrogen) atoms. The molecule has 0 unspecified atom stereocenters. The van der Waals surface area contributed by atoms with Gasteiger partial charge < -0.3 is 24.8 Å². The first-order valence-electron chi connectivity index (χ1n) is 11.2. The third kappa shape index (κ3) is 5.58. The minimum Gasteiger partial charge on any atom is -0.370 e. The van der Waals surface area contributed by atoms with Crippen LogP contribution in [0.15, 0.2) is 60.7 Å². The summed E-state index contributed by atoms with van der Waals surface area (Å²) in [7, 11) is 0. The van der Waals surface area contributed by atoms with Crippen LogP contribution >= 0.6 is 12.2 Å². The van der Waals surface area contributed by atoms with Crippen LogP contribution in [-0.2, 0) is 4.74 Å². The molecular weight excluding hydrogens is 392 g/mol.